The van der Waals surface area contributed by atoms with Crippen molar-refractivity contribution >= 4 is 27.5 Å². The van der Waals surface area contributed by atoms with Gasteiger partial charge in [-0.15, -0.1) is 0 Å². The highest BCUT2D eigenvalue weighted by Crippen LogP contribution is 2.30. The van der Waals surface area contributed by atoms with Crippen molar-refractivity contribution in [3.05, 3.63) is 28.5 Å². The van der Waals surface area contributed by atoms with E-state index in [4.69, 9.17) is 0 Å². The molecule has 3 nitrogen and oxygen atoms in total. The van der Waals surface area contributed by atoms with Crippen molar-refractivity contribution in [1.29, 1.82) is 0 Å². The summed E-state index contributed by atoms with van der Waals surface area (Å²) in [5.74, 6) is -0.323. The number of hydrogen-bond donors (Lipinski definition) is 1. The zero-order valence-corrected chi connectivity index (χ0v) is 12.0. The van der Waals surface area contributed by atoms with Gasteiger partial charge in [-0.05, 0) is 40.5 Å². The number of nitrogens with zero attached hydrogens (tertiary/aromatic N) is 1. The molecule has 1 aliphatic heterocycles. The van der Waals surface area contributed by atoms with Crippen LogP contribution in [0.4, 0.5) is 10.1 Å². The van der Waals surface area contributed by atoms with Gasteiger partial charge in [-0.2, -0.15) is 0 Å². The van der Waals surface area contributed by atoms with Crippen LogP contribution in [0.1, 0.15) is 20.3 Å². The first-order valence-electron chi connectivity index (χ1n) is 6.01. The lowest BCUT2D eigenvalue weighted by molar-refractivity contribution is -0.118. The topological polar surface area (TPSA) is 32.3 Å². The van der Waals surface area contributed by atoms with Crippen molar-refractivity contribution in [2.75, 3.05) is 11.4 Å². The van der Waals surface area contributed by atoms with E-state index in [9.17, 15) is 9.18 Å². The quantitative estimate of drug-likeness (QED) is 0.930. The Labute approximate surface area is 114 Å². The summed E-state index contributed by atoms with van der Waals surface area (Å²) in [6.07, 6.45) is 0.750. The van der Waals surface area contributed by atoms with Gasteiger partial charge in [0.1, 0.15) is 5.82 Å². The molecule has 98 valence electrons. The number of benzene rings is 1. The van der Waals surface area contributed by atoms with E-state index in [1.807, 2.05) is 13.8 Å². The summed E-state index contributed by atoms with van der Waals surface area (Å²) in [4.78, 5) is 13.9. The Hall–Kier alpha value is -0.940. The Morgan fingerprint density at radius 3 is 2.89 bits per heavy atom. The second-order valence-corrected chi connectivity index (χ2v) is 5.60. The highest BCUT2D eigenvalue weighted by Gasteiger charge is 2.33. The van der Waals surface area contributed by atoms with Crippen LogP contribution >= 0.6 is 15.9 Å². The largest absolute Gasteiger partial charge is 0.310 e. The zero-order chi connectivity index (χ0) is 13.3. The predicted molar refractivity (Wildman–Crippen MR) is 73.1 cm³/mol. The molecule has 1 amide bonds. The van der Waals surface area contributed by atoms with Crippen molar-refractivity contribution in [2.45, 2.75) is 32.4 Å². The Balaban J connectivity index is 2.20. The van der Waals surface area contributed by atoms with Crippen LogP contribution in [0.5, 0.6) is 0 Å². The van der Waals surface area contributed by atoms with Crippen LogP contribution in [-0.2, 0) is 4.79 Å². The van der Waals surface area contributed by atoms with Crippen LogP contribution in [0.15, 0.2) is 22.7 Å². The maximum atomic E-state index is 13.3. The van der Waals surface area contributed by atoms with E-state index in [1.54, 1.807) is 11.0 Å². The highest BCUT2D eigenvalue weighted by molar-refractivity contribution is 9.10. The lowest BCUT2D eigenvalue weighted by Gasteiger charge is -2.19. The molecule has 1 heterocycles. The molecule has 1 fully saturated rings. The van der Waals surface area contributed by atoms with Crippen LogP contribution in [0.2, 0.25) is 0 Å². The molecule has 0 aromatic heterocycles. The first-order valence-corrected chi connectivity index (χ1v) is 6.81. The van der Waals surface area contributed by atoms with E-state index in [0.717, 1.165) is 10.9 Å². The van der Waals surface area contributed by atoms with Gasteiger partial charge in [0.25, 0.3) is 0 Å². The predicted octanol–water partition coefficient (Wildman–Crippen LogP) is 2.69. The minimum atomic E-state index is -0.332. The number of nitrogens with one attached hydrogen (secondary N) is 1. The van der Waals surface area contributed by atoms with Gasteiger partial charge >= 0.3 is 0 Å². The summed E-state index contributed by atoms with van der Waals surface area (Å²) in [7, 11) is 0. The van der Waals surface area contributed by atoms with Gasteiger partial charge < -0.3 is 10.2 Å². The fraction of sp³-hybridized carbons (Fsp3) is 0.462. The maximum Gasteiger partial charge on any atom is 0.244 e. The van der Waals surface area contributed by atoms with Crippen LogP contribution < -0.4 is 10.2 Å². The molecule has 1 aliphatic rings. The minimum Gasteiger partial charge on any atom is -0.310 e. The number of amides is 1. The molecule has 1 saturated heterocycles. The molecule has 0 saturated carbocycles. The van der Waals surface area contributed by atoms with Crippen LogP contribution in [-0.4, -0.2) is 24.5 Å². The zero-order valence-electron chi connectivity index (χ0n) is 10.4. The molecule has 5 heteroatoms. The van der Waals surface area contributed by atoms with Gasteiger partial charge in [-0.25, -0.2) is 4.39 Å². The third-order valence-corrected chi connectivity index (χ3v) is 3.61. The number of carbonyl (C=O) groups is 1. The molecule has 18 heavy (non-hydrogen) atoms. The third kappa shape index (κ3) is 2.72. The fourth-order valence-electron chi connectivity index (χ4n) is 2.17. The lowest BCUT2D eigenvalue weighted by Crippen LogP contribution is -2.41. The first-order chi connectivity index (χ1) is 8.49. The second kappa shape index (κ2) is 5.36. The van der Waals surface area contributed by atoms with E-state index in [0.29, 0.717) is 12.2 Å². The third-order valence-electron chi connectivity index (χ3n) is 2.94. The number of rotatable bonds is 3. The van der Waals surface area contributed by atoms with Gasteiger partial charge in [0.05, 0.1) is 11.7 Å². The Bertz CT molecular complexity index is 464. The van der Waals surface area contributed by atoms with E-state index in [-0.39, 0.29) is 23.8 Å². The molecule has 1 aromatic rings. The molecule has 2 rings (SSSR count). The highest BCUT2D eigenvalue weighted by atomic mass is 79.9. The fourth-order valence-corrected chi connectivity index (χ4v) is 2.63. The number of halogens is 2. The number of hydrogen-bond acceptors (Lipinski definition) is 2. The van der Waals surface area contributed by atoms with Crippen LogP contribution in [0, 0.1) is 5.82 Å². The summed E-state index contributed by atoms with van der Waals surface area (Å²) < 4.78 is 14.0. The Morgan fingerprint density at radius 2 is 2.22 bits per heavy atom. The minimum absolute atomic E-state index is 0.00926. The summed E-state index contributed by atoms with van der Waals surface area (Å²) in [5, 5.41) is 3.23. The molecule has 1 aromatic carbocycles. The van der Waals surface area contributed by atoms with Crippen molar-refractivity contribution in [1.82, 2.24) is 5.32 Å². The maximum absolute atomic E-state index is 13.3. The summed E-state index contributed by atoms with van der Waals surface area (Å²) in [5.41, 5.74) is 0.605. The van der Waals surface area contributed by atoms with Gasteiger partial charge in [0.15, 0.2) is 0 Å². The summed E-state index contributed by atoms with van der Waals surface area (Å²) in [6, 6.07) is 4.48. The van der Waals surface area contributed by atoms with Crippen molar-refractivity contribution < 1.29 is 9.18 Å². The van der Waals surface area contributed by atoms with Gasteiger partial charge in [0, 0.05) is 17.1 Å². The molecule has 1 atom stereocenters. The van der Waals surface area contributed by atoms with Gasteiger partial charge in [0.2, 0.25) is 5.91 Å². The van der Waals surface area contributed by atoms with E-state index >= 15 is 0 Å². The summed E-state index contributed by atoms with van der Waals surface area (Å²) >= 11 is 3.36. The monoisotopic (exact) mass is 314 g/mol. The molecule has 0 bridgehead atoms. The normalized spacial score (nSPS) is 19.9. The van der Waals surface area contributed by atoms with E-state index in [1.165, 1.54) is 12.1 Å². The molecule has 0 spiro atoms. The van der Waals surface area contributed by atoms with Gasteiger partial charge in [-0.3, -0.25) is 4.79 Å². The van der Waals surface area contributed by atoms with E-state index < -0.39 is 0 Å². The number of carbonyl (C=O) groups excluding carboxylic acids is 1. The van der Waals surface area contributed by atoms with Crippen LogP contribution in [0.25, 0.3) is 0 Å². The molecular weight excluding hydrogens is 299 g/mol. The van der Waals surface area contributed by atoms with Crippen molar-refractivity contribution in [2.24, 2.45) is 0 Å². The number of anilines is 1. The SMILES string of the molecule is CC(C)NC1CCN(c2cc(F)ccc2Br)C1=O. The first kappa shape index (κ1) is 13.5. The standard InChI is InChI=1S/C13H16BrFN2O/c1-8(2)16-11-5-6-17(13(11)18)12-7-9(15)3-4-10(12)14/h3-4,7-8,11,16H,5-6H2,1-2H3. The molecule has 0 aliphatic carbocycles. The smallest absolute Gasteiger partial charge is 0.244 e. The summed E-state index contributed by atoms with van der Waals surface area (Å²) in [6.45, 7) is 4.63. The lowest BCUT2D eigenvalue weighted by atomic mass is 10.2. The van der Waals surface area contributed by atoms with E-state index in [2.05, 4.69) is 21.2 Å². The molecule has 1 unspecified atom stereocenters. The Morgan fingerprint density at radius 1 is 1.50 bits per heavy atom. The van der Waals surface area contributed by atoms with Gasteiger partial charge in [-0.1, -0.05) is 13.8 Å². The van der Waals surface area contributed by atoms with Crippen molar-refractivity contribution in [3.63, 3.8) is 0 Å². The molecule has 1 N–H and O–H groups in total. The average molecular weight is 315 g/mol. The van der Waals surface area contributed by atoms with Crippen molar-refractivity contribution in [3.8, 4) is 0 Å². The van der Waals surface area contributed by atoms with Crippen LogP contribution in [0.3, 0.4) is 0 Å². The Kier molecular flexibility index (Phi) is 4.02. The molecule has 0 radical (unpaired) electrons. The molecular formula is C13H16BrFN2O. The second-order valence-electron chi connectivity index (χ2n) is 4.75. The average Bonchev–Trinajstić information content (AvgIpc) is 2.64.